The number of hydrogen-bond donors (Lipinski definition) is 1. The number of benzene rings is 1. The summed E-state index contributed by atoms with van der Waals surface area (Å²) in [5.74, 6) is -0.0912. The van der Waals surface area contributed by atoms with E-state index in [4.69, 9.17) is 41.2 Å². The van der Waals surface area contributed by atoms with Crippen LogP contribution in [0.1, 0.15) is 12.8 Å². The molecule has 0 saturated carbocycles. The minimum absolute atomic E-state index is 0.0234. The molecule has 1 heterocycles. The zero-order valence-corrected chi connectivity index (χ0v) is 13.7. The maximum Gasteiger partial charge on any atom is 0.244 e. The highest BCUT2D eigenvalue weighted by Gasteiger charge is 2.32. The lowest BCUT2D eigenvalue weighted by Gasteiger charge is -2.31. The van der Waals surface area contributed by atoms with Gasteiger partial charge in [-0.15, -0.1) is 0 Å². The van der Waals surface area contributed by atoms with Gasteiger partial charge in [-0.25, -0.2) is 8.42 Å². The van der Waals surface area contributed by atoms with Crippen molar-refractivity contribution in [2.24, 2.45) is 11.7 Å². The quantitative estimate of drug-likeness (QED) is 0.849. The maximum atomic E-state index is 12.6. The highest BCUT2D eigenvalue weighted by Crippen LogP contribution is 2.30. The second-order valence-corrected chi connectivity index (χ2v) is 7.90. The van der Waals surface area contributed by atoms with Crippen LogP contribution in [-0.4, -0.2) is 30.8 Å². The molecular formula is C12H14Cl2N2O2S2. The van der Waals surface area contributed by atoms with E-state index in [-0.39, 0.29) is 15.8 Å². The number of sulfonamides is 1. The summed E-state index contributed by atoms with van der Waals surface area (Å²) < 4.78 is 26.6. The molecule has 8 heteroatoms. The monoisotopic (exact) mass is 352 g/mol. The number of hydrogen-bond acceptors (Lipinski definition) is 3. The van der Waals surface area contributed by atoms with Gasteiger partial charge >= 0.3 is 0 Å². The van der Waals surface area contributed by atoms with Gasteiger partial charge < -0.3 is 5.73 Å². The SMILES string of the molecule is NC(=S)C1CCCN(S(=O)(=O)c2cc(Cl)ccc2Cl)C1. The van der Waals surface area contributed by atoms with E-state index in [1.54, 1.807) is 6.07 Å². The van der Waals surface area contributed by atoms with Crippen molar-refractivity contribution in [3.05, 3.63) is 28.2 Å². The molecule has 1 aromatic rings. The minimum Gasteiger partial charge on any atom is -0.393 e. The van der Waals surface area contributed by atoms with Crippen molar-refractivity contribution in [2.45, 2.75) is 17.7 Å². The van der Waals surface area contributed by atoms with E-state index >= 15 is 0 Å². The van der Waals surface area contributed by atoms with E-state index in [1.807, 2.05) is 0 Å². The summed E-state index contributed by atoms with van der Waals surface area (Å²) in [6, 6.07) is 4.40. The summed E-state index contributed by atoms with van der Waals surface area (Å²) >= 11 is 16.8. The fourth-order valence-electron chi connectivity index (χ4n) is 2.21. The van der Waals surface area contributed by atoms with Crippen molar-refractivity contribution in [1.29, 1.82) is 0 Å². The topological polar surface area (TPSA) is 63.4 Å². The highest BCUT2D eigenvalue weighted by atomic mass is 35.5. The van der Waals surface area contributed by atoms with Gasteiger partial charge in [-0.2, -0.15) is 4.31 Å². The average molecular weight is 353 g/mol. The van der Waals surface area contributed by atoms with E-state index in [2.05, 4.69) is 0 Å². The van der Waals surface area contributed by atoms with Crippen molar-refractivity contribution in [3.63, 3.8) is 0 Å². The Bertz CT molecular complexity index is 634. The summed E-state index contributed by atoms with van der Waals surface area (Å²) in [6.07, 6.45) is 1.53. The van der Waals surface area contributed by atoms with E-state index in [9.17, 15) is 8.42 Å². The van der Waals surface area contributed by atoms with E-state index in [0.29, 0.717) is 23.1 Å². The Labute approximate surface area is 133 Å². The van der Waals surface area contributed by atoms with E-state index < -0.39 is 10.0 Å². The van der Waals surface area contributed by atoms with Crippen LogP contribution >= 0.6 is 35.4 Å². The van der Waals surface area contributed by atoms with Crippen LogP contribution in [0.15, 0.2) is 23.1 Å². The number of nitrogens with two attached hydrogens (primary N) is 1. The molecule has 20 heavy (non-hydrogen) atoms. The van der Waals surface area contributed by atoms with Gasteiger partial charge in [0, 0.05) is 24.0 Å². The van der Waals surface area contributed by atoms with Crippen LogP contribution in [0.4, 0.5) is 0 Å². The summed E-state index contributed by atoms with van der Waals surface area (Å²) in [4.78, 5) is 0.373. The van der Waals surface area contributed by atoms with E-state index in [0.717, 1.165) is 12.8 Å². The van der Waals surface area contributed by atoms with Crippen molar-refractivity contribution >= 4 is 50.4 Å². The Morgan fingerprint density at radius 3 is 2.75 bits per heavy atom. The lowest BCUT2D eigenvalue weighted by atomic mass is 10.0. The van der Waals surface area contributed by atoms with Gasteiger partial charge in [0.1, 0.15) is 4.90 Å². The van der Waals surface area contributed by atoms with Crippen molar-refractivity contribution in [3.8, 4) is 0 Å². The smallest absolute Gasteiger partial charge is 0.244 e. The Morgan fingerprint density at radius 2 is 2.10 bits per heavy atom. The van der Waals surface area contributed by atoms with Gasteiger partial charge in [-0.1, -0.05) is 35.4 Å². The number of nitrogens with zero attached hydrogens (tertiary/aromatic N) is 1. The minimum atomic E-state index is -3.68. The number of piperidine rings is 1. The third-order valence-electron chi connectivity index (χ3n) is 3.30. The van der Waals surface area contributed by atoms with Crippen LogP contribution in [0.5, 0.6) is 0 Å². The third kappa shape index (κ3) is 3.26. The summed E-state index contributed by atoms with van der Waals surface area (Å²) in [6.45, 7) is 0.727. The zero-order valence-electron chi connectivity index (χ0n) is 10.6. The summed E-state index contributed by atoms with van der Waals surface area (Å²) in [7, 11) is -3.68. The second kappa shape index (κ2) is 6.15. The Kier molecular flexibility index (Phi) is 4.92. The number of halogens is 2. The fourth-order valence-corrected chi connectivity index (χ4v) is 4.66. The molecule has 0 aromatic heterocycles. The lowest BCUT2D eigenvalue weighted by Crippen LogP contribution is -2.43. The summed E-state index contributed by atoms with van der Waals surface area (Å²) in [5.41, 5.74) is 5.63. The normalized spacial score (nSPS) is 20.8. The van der Waals surface area contributed by atoms with Gasteiger partial charge in [0.05, 0.1) is 10.0 Å². The second-order valence-electron chi connectivity index (χ2n) is 4.68. The third-order valence-corrected chi connectivity index (χ3v) is 6.21. The van der Waals surface area contributed by atoms with Gasteiger partial charge in [-0.05, 0) is 31.0 Å². The largest absolute Gasteiger partial charge is 0.393 e. The lowest BCUT2D eigenvalue weighted by molar-refractivity contribution is 0.312. The van der Waals surface area contributed by atoms with Gasteiger partial charge in [0.15, 0.2) is 0 Å². The first kappa shape index (κ1) is 16.0. The molecule has 1 unspecified atom stereocenters. The van der Waals surface area contributed by atoms with Crippen molar-refractivity contribution in [1.82, 2.24) is 4.31 Å². The Hall–Kier alpha value is -0.400. The zero-order chi connectivity index (χ0) is 14.9. The molecule has 1 saturated heterocycles. The first-order chi connectivity index (χ1) is 9.32. The van der Waals surface area contributed by atoms with Gasteiger partial charge in [0.2, 0.25) is 10.0 Å². The van der Waals surface area contributed by atoms with Crippen molar-refractivity contribution < 1.29 is 8.42 Å². The Balaban J connectivity index is 2.35. The molecule has 2 rings (SSSR count). The van der Waals surface area contributed by atoms with Crippen molar-refractivity contribution in [2.75, 3.05) is 13.1 Å². The number of thiocarbonyl (C=S) groups is 1. The predicted molar refractivity (Wildman–Crippen MR) is 84.7 cm³/mol. The maximum absolute atomic E-state index is 12.6. The molecule has 1 fully saturated rings. The molecule has 1 atom stereocenters. The molecule has 1 aromatic carbocycles. The first-order valence-corrected chi connectivity index (χ1v) is 8.67. The first-order valence-electron chi connectivity index (χ1n) is 6.07. The van der Waals surface area contributed by atoms with Gasteiger partial charge in [-0.3, -0.25) is 0 Å². The molecule has 110 valence electrons. The molecule has 2 N–H and O–H groups in total. The molecule has 0 aliphatic carbocycles. The fraction of sp³-hybridized carbons (Fsp3) is 0.417. The highest BCUT2D eigenvalue weighted by molar-refractivity contribution is 7.89. The van der Waals surface area contributed by atoms with Crippen LogP contribution in [0.3, 0.4) is 0 Å². The molecule has 0 spiro atoms. The summed E-state index contributed by atoms with van der Waals surface area (Å²) in [5, 5.41) is 0.489. The molecule has 1 aliphatic heterocycles. The van der Waals surface area contributed by atoms with E-state index in [1.165, 1.54) is 16.4 Å². The molecule has 0 bridgehead atoms. The van der Waals surface area contributed by atoms with Crippen LogP contribution in [0, 0.1) is 5.92 Å². The van der Waals surface area contributed by atoms with Crippen LogP contribution in [0.2, 0.25) is 10.0 Å². The molecular weight excluding hydrogens is 339 g/mol. The van der Waals surface area contributed by atoms with Crippen LogP contribution in [0.25, 0.3) is 0 Å². The Morgan fingerprint density at radius 1 is 1.40 bits per heavy atom. The average Bonchev–Trinajstić information content (AvgIpc) is 2.41. The molecule has 0 radical (unpaired) electrons. The molecule has 0 amide bonds. The predicted octanol–water partition coefficient (Wildman–Crippen LogP) is 2.68. The standard InChI is InChI=1S/C12H14Cl2N2O2S2/c13-9-3-4-10(14)11(6-9)20(17,18)16-5-1-2-8(7-16)12(15)19/h3-4,6,8H,1-2,5,7H2,(H2,15,19). The van der Waals surface area contributed by atoms with Crippen LogP contribution in [-0.2, 0) is 10.0 Å². The molecule has 4 nitrogen and oxygen atoms in total. The van der Waals surface area contributed by atoms with Crippen LogP contribution < -0.4 is 5.73 Å². The van der Waals surface area contributed by atoms with Gasteiger partial charge in [0.25, 0.3) is 0 Å². The molecule has 1 aliphatic rings. The number of rotatable bonds is 3.